The number of hydrogen-bond donors (Lipinski definition) is 1. The summed E-state index contributed by atoms with van der Waals surface area (Å²) in [6, 6.07) is 22.2. The largest absolute Gasteiger partial charge is 0.495 e. The summed E-state index contributed by atoms with van der Waals surface area (Å²) in [4.78, 5) is 43.0. The molecule has 3 aromatic carbocycles. The highest BCUT2D eigenvalue weighted by Crippen LogP contribution is 2.37. The third kappa shape index (κ3) is 8.68. The highest BCUT2D eigenvalue weighted by atomic mass is 16.7. The quantitative estimate of drug-likeness (QED) is 0.145. The number of carbonyl (C=O) groups excluding carboxylic acids is 2. The van der Waals surface area contributed by atoms with E-state index in [-0.39, 0.29) is 12.3 Å². The van der Waals surface area contributed by atoms with Crippen molar-refractivity contribution in [1.82, 2.24) is 10.2 Å². The molecule has 2 amide bonds. The number of nitrogens with one attached hydrogen (secondary N) is 1. The highest BCUT2D eigenvalue weighted by Gasteiger charge is 2.52. The zero-order valence-electron chi connectivity index (χ0n) is 33.2. The first-order valence-corrected chi connectivity index (χ1v) is 18.9. The molecule has 2 fully saturated rings. The van der Waals surface area contributed by atoms with Crippen LogP contribution < -0.4 is 21.3 Å². The Balaban J connectivity index is 1.08. The normalized spacial score (nSPS) is 17.1. The average molecular weight is 736 g/mol. The van der Waals surface area contributed by atoms with E-state index in [1.54, 1.807) is 0 Å². The molecule has 0 bridgehead atoms. The summed E-state index contributed by atoms with van der Waals surface area (Å²) in [5, 5.41) is 3.64. The van der Waals surface area contributed by atoms with Crippen LogP contribution in [-0.4, -0.2) is 61.0 Å². The van der Waals surface area contributed by atoms with Gasteiger partial charge in [0.15, 0.2) is 0 Å². The Bertz CT molecular complexity index is 2060. The van der Waals surface area contributed by atoms with Crippen molar-refractivity contribution in [3.05, 3.63) is 105 Å². The molecular weight excluding hydrogens is 681 g/mol. The van der Waals surface area contributed by atoms with Crippen molar-refractivity contribution >= 4 is 41.2 Å². The van der Waals surface area contributed by atoms with Gasteiger partial charge in [-0.15, -0.1) is 0 Å². The number of rotatable bonds is 9. The van der Waals surface area contributed by atoms with Gasteiger partial charge in [0.1, 0.15) is 11.2 Å². The maximum atomic E-state index is 13.5. The van der Waals surface area contributed by atoms with E-state index >= 15 is 0 Å². The average Bonchev–Trinajstić information content (AvgIpc) is 3.34. The molecule has 2 saturated heterocycles. The maximum absolute atomic E-state index is 13.5. The Morgan fingerprint density at radius 2 is 1.65 bits per heavy atom. The number of ether oxygens (including phenoxy) is 1. The lowest BCUT2D eigenvalue weighted by Crippen LogP contribution is -2.41. The van der Waals surface area contributed by atoms with Crippen LogP contribution in [0.2, 0.25) is 0 Å². The SMILES string of the molecule is Cc1c(CC(=O)N2CCC(c3cccc(CNC(=O)OC(C)(C)C)c3)CC2)c(=O)oc2cc(N(C)Cc3ccccc3B3OC(C)(C)C(C)(C)O3)ccc12. The molecule has 1 N–H and O–H groups in total. The third-order valence-corrected chi connectivity index (χ3v) is 11.1. The van der Waals surface area contributed by atoms with E-state index in [4.69, 9.17) is 18.5 Å². The fraction of sp³-hybridized carbons (Fsp3) is 0.465. The fourth-order valence-electron chi connectivity index (χ4n) is 7.22. The Kier molecular flexibility index (Phi) is 11.1. The summed E-state index contributed by atoms with van der Waals surface area (Å²) in [5.41, 5.74) is 4.89. The van der Waals surface area contributed by atoms with Gasteiger partial charge >= 0.3 is 18.8 Å². The van der Waals surface area contributed by atoms with Crippen molar-refractivity contribution < 1.29 is 28.1 Å². The smallest absolute Gasteiger partial charge is 0.444 e. The molecule has 0 radical (unpaired) electrons. The minimum atomic E-state index is -0.553. The van der Waals surface area contributed by atoms with Gasteiger partial charge in [0, 0.05) is 50.4 Å². The van der Waals surface area contributed by atoms with E-state index in [1.807, 2.05) is 88.2 Å². The lowest BCUT2D eigenvalue weighted by molar-refractivity contribution is -0.131. The van der Waals surface area contributed by atoms with Crippen LogP contribution in [-0.2, 0) is 38.4 Å². The lowest BCUT2D eigenvalue weighted by Gasteiger charge is -2.32. The van der Waals surface area contributed by atoms with Crippen LogP contribution in [0.25, 0.3) is 11.0 Å². The van der Waals surface area contributed by atoms with Crippen molar-refractivity contribution in [2.24, 2.45) is 0 Å². The molecule has 0 aliphatic carbocycles. The van der Waals surface area contributed by atoms with E-state index in [2.05, 4.69) is 56.1 Å². The van der Waals surface area contributed by atoms with Gasteiger partial charge in [0.2, 0.25) is 5.91 Å². The zero-order chi connectivity index (χ0) is 39.0. The molecule has 0 unspecified atom stereocenters. The second-order valence-electron chi connectivity index (χ2n) is 16.7. The van der Waals surface area contributed by atoms with Crippen molar-refractivity contribution in [1.29, 1.82) is 0 Å². The third-order valence-electron chi connectivity index (χ3n) is 11.1. The number of alkyl carbamates (subject to hydrolysis) is 1. The highest BCUT2D eigenvalue weighted by molar-refractivity contribution is 6.62. The number of likely N-dealkylation sites (tertiary alicyclic amines) is 1. The van der Waals surface area contributed by atoms with Crippen molar-refractivity contribution in [3.8, 4) is 0 Å². The summed E-state index contributed by atoms with van der Waals surface area (Å²) in [6.45, 7) is 17.8. The van der Waals surface area contributed by atoms with Crippen LogP contribution in [0, 0.1) is 6.92 Å². The zero-order valence-corrected chi connectivity index (χ0v) is 33.2. The Hall–Kier alpha value is -4.61. The number of anilines is 1. The van der Waals surface area contributed by atoms with Gasteiger partial charge in [0.25, 0.3) is 0 Å². The summed E-state index contributed by atoms with van der Waals surface area (Å²) < 4.78 is 23.9. The minimum Gasteiger partial charge on any atom is -0.444 e. The molecular formula is C43H54BN3O7. The summed E-state index contributed by atoms with van der Waals surface area (Å²) in [7, 11) is 1.53. The van der Waals surface area contributed by atoms with Gasteiger partial charge in [-0.05, 0) is 114 Å². The fourth-order valence-corrected chi connectivity index (χ4v) is 7.22. The molecule has 286 valence electrons. The predicted molar refractivity (Wildman–Crippen MR) is 213 cm³/mol. The number of amides is 2. The predicted octanol–water partition coefficient (Wildman–Crippen LogP) is 7.01. The molecule has 0 saturated carbocycles. The summed E-state index contributed by atoms with van der Waals surface area (Å²) >= 11 is 0. The molecule has 10 nitrogen and oxygen atoms in total. The molecule has 2 aliphatic rings. The van der Waals surface area contributed by atoms with E-state index < -0.39 is 35.6 Å². The maximum Gasteiger partial charge on any atom is 0.495 e. The number of hydrogen-bond acceptors (Lipinski definition) is 8. The molecule has 4 aromatic rings. The molecule has 0 spiro atoms. The first kappa shape index (κ1) is 39.1. The van der Waals surface area contributed by atoms with Gasteiger partial charge in [-0.3, -0.25) is 4.79 Å². The summed E-state index contributed by atoms with van der Waals surface area (Å²) in [5.74, 6) is 0.225. The molecule has 3 heterocycles. The number of carbonyl (C=O) groups is 2. The van der Waals surface area contributed by atoms with Crippen LogP contribution in [0.4, 0.5) is 10.5 Å². The molecule has 0 atom stereocenters. The standard InChI is InChI=1S/C43H54BN3O7/c1-28-34-18-17-33(46(9)27-32-14-10-11-16-36(32)44-53-42(5,6)43(7,8)54-44)24-37(34)51-39(49)35(28)25-38(48)47-21-19-30(20-22-47)31-15-12-13-29(23-31)26-45-40(50)52-41(2,3)4/h10-18,23-24,30H,19-22,25-27H2,1-9H3,(H,45,50). The van der Waals surface area contributed by atoms with Gasteiger partial charge in [-0.25, -0.2) is 9.59 Å². The van der Waals surface area contributed by atoms with Crippen molar-refractivity contribution in [2.45, 2.75) is 110 Å². The van der Waals surface area contributed by atoms with Gasteiger partial charge in [-0.2, -0.15) is 0 Å². The second kappa shape index (κ2) is 15.3. The number of fused-ring (bicyclic) bond motifs is 1. The van der Waals surface area contributed by atoms with Crippen LogP contribution >= 0.6 is 0 Å². The summed E-state index contributed by atoms with van der Waals surface area (Å²) in [6.07, 6.45) is 1.19. The Morgan fingerprint density at radius 3 is 2.33 bits per heavy atom. The van der Waals surface area contributed by atoms with E-state index in [9.17, 15) is 14.4 Å². The van der Waals surface area contributed by atoms with E-state index in [0.717, 1.165) is 46.1 Å². The van der Waals surface area contributed by atoms with Crippen LogP contribution in [0.5, 0.6) is 0 Å². The van der Waals surface area contributed by atoms with Crippen LogP contribution in [0.1, 0.15) is 95.0 Å². The number of aryl methyl sites for hydroxylation is 1. The molecule has 11 heteroatoms. The molecule has 2 aliphatic heterocycles. The lowest BCUT2D eigenvalue weighted by atomic mass is 9.76. The first-order valence-electron chi connectivity index (χ1n) is 18.9. The van der Waals surface area contributed by atoms with Crippen molar-refractivity contribution in [3.63, 3.8) is 0 Å². The first-order chi connectivity index (χ1) is 25.4. The van der Waals surface area contributed by atoms with E-state index in [0.29, 0.717) is 43.2 Å². The van der Waals surface area contributed by atoms with Crippen LogP contribution in [0.3, 0.4) is 0 Å². The van der Waals surface area contributed by atoms with Crippen molar-refractivity contribution in [2.75, 3.05) is 25.0 Å². The van der Waals surface area contributed by atoms with Crippen LogP contribution in [0.15, 0.2) is 75.9 Å². The van der Waals surface area contributed by atoms with Gasteiger partial charge in [0.05, 0.1) is 23.2 Å². The topological polar surface area (TPSA) is 111 Å². The number of benzene rings is 3. The minimum absolute atomic E-state index is 0.00203. The Labute approximate surface area is 319 Å². The molecule has 1 aromatic heterocycles. The van der Waals surface area contributed by atoms with Gasteiger partial charge < -0.3 is 33.6 Å². The molecule has 54 heavy (non-hydrogen) atoms. The van der Waals surface area contributed by atoms with E-state index in [1.165, 1.54) is 5.56 Å². The van der Waals surface area contributed by atoms with Gasteiger partial charge in [-0.1, -0.05) is 48.5 Å². The molecule has 6 rings (SSSR count). The Morgan fingerprint density at radius 1 is 0.963 bits per heavy atom. The second-order valence-corrected chi connectivity index (χ2v) is 16.7. The monoisotopic (exact) mass is 735 g/mol. The number of piperidine rings is 1. The number of nitrogens with zero attached hydrogens (tertiary/aromatic N) is 2.